The van der Waals surface area contributed by atoms with E-state index in [1.54, 1.807) is 0 Å². The first-order chi connectivity index (χ1) is 7.78. The van der Waals surface area contributed by atoms with Crippen LogP contribution >= 0.6 is 0 Å². The smallest absolute Gasteiger partial charge is 0.222 e. The van der Waals surface area contributed by atoms with Crippen molar-refractivity contribution in [1.82, 2.24) is 10.6 Å². The van der Waals surface area contributed by atoms with Crippen LogP contribution in [-0.2, 0) is 9.53 Å². The maximum Gasteiger partial charge on any atom is 0.222 e. The van der Waals surface area contributed by atoms with Gasteiger partial charge in [0.15, 0.2) is 0 Å². The van der Waals surface area contributed by atoms with E-state index in [9.17, 15) is 4.79 Å². The van der Waals surface area contributed by atoms with Gasteiger partial charge in [-0.15, -0.1) is 0 Å². The Hall–Kier alpha value is -0.610. The summed E-state index contributed by atoms with van der Waals surface area (Å²) >= 11 is 0. The van der Waals surface area contributed by atoms with Gasteiger partial charge in [0.05, 0.1) is 12.7 Å². The Bertz CT molecular complexity index is 235. The summed E-state index contributed by atoms with van der Waals surface area (Å²) in [6.45, 7) is 1.66. The summed E-state index contributed by atoms with van der Waals surface area (Å²) in [5.74, 6) is 0.920. The van der Waals surface area contributed by atoms with Crippen LogP contribution in [0.4, 0.5) is 0 Å². The average molecular weight is 226 g/mol. The first-order valence-electron chi connectivity index (χ1n) is 6.33. The minimum atomic E-state index is 0.147. The Balaban J connectivity index is 1.44. The van der Waals surface area contributed by atoms with E-state index in [-0.39, 0.29) is 5.91 Å². The van der Waals surface area contributed by atoms with Gasteiger partial charge in [-0.25, -0.2) is 0 Å². The molecule has 0 spiro atoms. The number of rotatable bonds is 7. The van der Waals surface area contributed by atoms with Gasteiger partial charge in [0, 0.05) is 12.5 Å². The largest absolute Gasteiger partial charge is 0.378 e. The predicted octanol–water partition coefficient (Wildman–Crippen LogP) is 0.670. The number of carbonyl (C=O) groups is 1. The number of amides is 1. The lowest BCUT2D eigenvalue weighted by molar-refractivity contribution is -0.123. The quantitative estimate of drug-likeness (QED) is 0.671. The lowest BCUT2D eigenvalue weighted by Crippen LogP contribution is -2.37. The molecule has 2 N–H and O–H groups in total. The first-order valence-corrected chi connectivity index (χ1v) is 6.33. The SMILES string of the molecule is CNCC1CC(OCCC(=O)NC2CC2)C1. The summed E-state index contributed by atoms with van der Waals surface area (Å²) < 4.78 is 5.64. The third-order valence-corrected chi connectivity index (χ3v) is 3.31. The molecule has 0 aromatic heterocycles. The van der Waals surface area contributed by atoms with Gasteiger partial charge in [-0.1, -0.05) is 0 Å². The van der Waals surface area contributed by atoms with E-state index in [0.717, 1.165) is 38.1 Å². The Labute approximate surface area is 97.1 Å². The van der Waals surface area contributed by atoms with Crippen molar-refractivity contribution >= 4 is 5.91 Å². The highest BCUT2D eigenvalue weighted by Gasteiger charge is 2.29. The number of carbonyl (C=O) groups excluding carboxylic acids is 1. The molecular formula is C12H22N2O2. The van der Waals surface area contributed by atoms with Gasteiger partial charge in [0.1, 0.15) is 0 Å². The molecule has 0 atom stereocenters. The molecule has 0 unspecified atom stereocenters. The fraction of sp³-hybridized carbons (Fsp3) is 0.917. The molecule has 0 aliphatic heterocycles. The second kappa shape index (κ2) is 5.64. The van der Waals surface area contributed by atoms with Crippen LogP contribution in [0.2, 0.25) is 0 Å². The highest BCUT2D eigenvalue weighted by atomic mass is 16.5. The minimum absolute atomic E-state index is 0.147. The van der Waals surface area contributed by atoms with Crippen molar-refractivity contribution < 1.29 is 9.53 Å². The van der Waals surface area contributed by atoms with E-state index in [1.165, 1.54) is 0 Å². The van der Waals surface area contributed by atoms with Crippen molar-refractivity contribution in [2.75, 3.05) is 20.2 Å². The molecule has 4 nitrogen and oxygen atoms in total. The molecule has 0 heterocycles. The summed E-state index contributed by atoms with van der Waals surface area (Å²) in [5, 5.41) is 6.14. The maximum atomic E-state index is 11.3. The van der Waals surface area contributed by atoms with Gasteiger partial charge in [0.25, 0.3) is 0 Å². The third-order valence-electron chi connectivity index (χ3n) is 3.31. The molecule has 0 radical (unpaired) electrons. The molecule has 0 saturated heterocycles. The summed E-state index contributed by atoms with van der Waals surface area (Å²) in [7, 11) is 1.98. The topological polar surface area (TPSA) is 50.4 Å². The molecule has 0 aromatic rings. The summed E-state index contributed by atoms with van der Waals surface area (Å²) in [4.78, 5) is 11.3. The van der Waals surface area contributed by atoms with Crippen LogP contribution < -0.4 is 10.6 Å². The summed E-state index contributed by atoms with van der Waals surface area (Å²) in [5.41, 5.74) is 0. The Kier molecular flexibility index (Phi) is 4.18. The molecule has 4 heteroatoms. The van der Waals surface area contributed by atoms with Crippen molar-refractivity contribution in [2.24, 2.45) is 5.92 Å². The standard InChI is InChI=1S/C12H22N2O2/c1-13-8-9-6-11(7-9)16-5-4-12(15)14-10-2-3-10/h9-11,13H,2-8H2,1H3,(H,14,15). The molecular weight excluding hydrogens is 204 g/mol. The van der Waals surface area contributed by atoms with Gasteiger partial charge in [-0.2, -0.15) is 0 Å². The van der Waals surface area contributed by atoms with E-state index in [1.807, 2.05) is 7.05 Å². The van der Waals surface area contributed by atoms with E-state index >= 15 is 0 Å². The zero-order chi connectivity index (χ0) is 11.4. The van der Waals surface area contributed by atoms with Crippen molar-refractivity contribution in [3.05, 3.63) is 0 Å². The van der Waals surface area contributed by atoms with E-state index in [4.69, 9.17) is 4.74 Å². The number of hydrogen-bond acceptors (Lipinski definition) is 3. The first kappa shape index (κ1) is 11.9. The Morgan fingerprint density at radius 2 is 2.12 bits per heavy atom. The lowest BCUT2D eigenvalue weighted by Gasteiger charge is -2.34. The normalized spacial score (nSPS) is 28.6. The fourth-order valence-corrected chi connectivity index (χ4v) is 2.11. The molecule has 92 valence electrons. The zero-order valence-electron chi connectivity index (χ0n) is 10.00. The van der Waals surface area contributed by atoms with Crippen molar-refractivity contribution in [3.63, 3.8) is 0 Å². The van der Waals surface area contributed by atoms with E-state index in [2.05, 4.69) is 10.6 Å². The monoisotopic (exact) mass is 226 g/mol. The van der Waals surface area contributed by atoms with Gasteiger partial charge in [-0.05, 0) is 45.2 Å². The molecule has 1 amide bonds. The van der Waals surface area contributed by atoms with Crippen LogP contribution in [0.5, 0.6) is 0 Å². The molecule has 2 aliphatic carbocycles. The second-order valence-electron chi connectivity index (χ2n) is 4.98. The van der Waals surface area contributed by atoms with Gasteiger partial charge < -0.3 is 15.4 Å². The highest BCUT2D eigenvalue weighted by Crippen LogP contribution is 2.29. The molecule has 0 aromatic carbocycles. The predicted molar refractivity (Wildman–Crippen MR) is 62.2 cm³/mol. The summed E-state index contributed by atoms with van der Waals surface area (Å²) in [6.07, 6.45) is 5.51. The van der Waals surface area contributed by atoms with Crippen LogP contribution in [-0.4, -0.2) is 38.3 Å². The highest BCUT2D eigenvalue weighted by molar-refractivity contribution is 5.76. The molecule has 16 heavy (non-hydrogen) atoms. The van der Waals surface area contributed by atoms with E-state index < -0.39 is 0 Å². The number of hydrogen-bond donors (Lipinski definition) is 2. The fourth-order valence-electron chi connectivity index (χ4n) is 2.11. The maximum absolute atomic E-state index is 11.3. The lowest BCUT2D eigenvalue weighted by atomic mass is 9.82. The zero-order valence-corrected chi connectivity index (χ0v) is 10.00. The van der Waals surface area contributed by atoms with Crippen LogP contribution in [0.3, 0.4) is 0 Å². The van der Waals surface area contributed by atoms with Gasteiger partial charge in [-0.3, -0.25) is 4.79 Å². The average Bonchev–Trinajstić information content (AvgIpc) is 2.97. The molecule has 2 saturated carbocycles. The third kappa shape index (κ3) is 3.76. The minimum Gasteiger partial charge on any atom is -0.378 e. The molecule has 2 fully saturated rings. The van der Waals surface area contributed by atoms with E-state index in [0.29, 0.717) is 25.2 Å². The van der Waals surface area contributed by atoms with Crippen LogP contribution in [0.1, 0.15) is 32.1 Å². The molecule has 0 bridgehead atoms. The summed E-state index contributed by atoms with van der Waals surface area (Å²) in [6, 6.07) is 0.469. The van der Waals surface area contributed by atoms with Crippen LogP contribution in [0, 0.1) is 5.92 Å². The van der Waals surface area contributed by atoms with Gasteiger partial charge in [0.2, 0.25) is 5.91 Å². The Morgan fingerprint density at radius 3 is 2.75 bits per heavy atom. The van der Waals surface area contributed by atoms with Crippen LogP contribution in [0.15, 0.2) is 0 Å². The van der Waals surface area contributed by atoms with Gasteiger partial charge >= 0.3 is 0 Å². The van der Waals surface area contributed by atoms with Crippen molar-refractivity contribution in [3.8, 4) is 0 Å². The second-order valence-corrected chi connectivity index (χ2v) is 4.98. The van der Waals surface area contributed by atoms with Crippen molar-refractivity contribution in [2.45, 2.75) is 44.2 Å². The number of ether oxygens (including phenoxy) is 1. The van der Waals surface area contributed by atoms with Crippen molar-refractivity contribution in [1.29, 1.82) is 0 Å². The molecule has 2 aliphatic rings. The number of nitrogens with one attached hydrogen (secondary N) is 2. The Morgan fingerprint density at radius 1 is 1.38 bits per heavy atom. The van der Waals surface area contributed by atoms with Crippen LogP contribution in [0.25, 0.3) is 0 Å². The molecule has 2 rings (SSSR count).